The van der Waals surface area contributed by atoms with Crippen molar-refractivity contribution in [1.29, 1.82) is 0 Å². The van der Waals surface area contributed by atoms with Gasteiger partial charge in [-0.05, 0) is 32.1 Å². The molecular formula is C18H35O7P. The number of allylic oxidation sites excluding steroid dienone is 2. The van der Waals surface area contributed by atoms with Crippen molar-refractivity contribution < 1.29 is 33.4 Å². The number of ether oxygens (including phenoxy) is 1. The summed E-state index contributed by atoms with van der Waals surface area (Å²) >= 11 is 0. The lowest BCUT2D eigenvalue weighted by Crippen LogP contribution is -2.07. The average Bonchev–Trinajstić information content (AvgIpc) is 2.62. The lowest BCUT2D eigenvalue weighted by atomic mass is 10.1. The molecule has 2 N–H and O–H groups in total. The van der Waals surface area contributed by atoms with E-state index < -0.39 is 20.6 Å². The second-order valence-corrected chi connectivity index (χ2v) is 7.65. The lowest BCUT2D eigenvalue weighted by molar-refractivity contribution is -0.174. The zero-order valence-electron chi connectivity index (χ0n) is 15.9. The Balaban J connectivity index is 3.32. The lowest BCUT2D eigenvalue weighted by Gasteiger charge is -2.08. The van der Waals surface area contributed by atoms with Gasteiger partial charge in [-0.2, -0.15) is 0 Å². The minimum atomic E-state index is -4.52. The van der Waals surface area contributed by atoms with Crippen LogP contribution >= 0.6 is 7.82 Å². The normalized spacial score (nSPS) is 13.8. The van der Waals surface area contributed by atoms with Crippen molar-refractivity contribution in [1.82, 2.24) is 0 Å². The van der Waals surface area contributed by atoms with E-state index in [4.69, 9.17) is 10.2 Å². The highest BCUT2D eigenvalue weighted by molar-refractivity contribution is 7.47. The van der Waals surface area contributed by atoms with Crippen LogP contribution in [0, 0.1) is 0 Å². The summed E-state index contributed by atoms with van der Waals surface area (Å²) in [5.74, 6) is -0.509. The Hall–Kier alpha value is -0.720. The molecule has 0 aromatic rings. The topological polar surface area (TPSA) is 102 Å². The van der Waals surface area contributed by atoms with Crippen molar-refractivity contribution in [2.45, 2.75) is 90.4 Å². The smallest absolute Gasteiger partial charge is 0.438 e. The molecule has 7 nitrogen and oxygen atoms in total. The van der Waals surface area contributed by atoms with Crippen molar-refractivity contribution in [3.8, 4) is 0 Å². The van der Waals surface area contributed by atoms with Crippen LogP contribution in [-0.4, -0.2) is 22.9 Å². The molecule has 0 rings (SSSR count). The summed E-state index contributed by atoms with van der Waals surface area (Å²) in [6.07, 6.45) is 18.7. The largest absolute Gasteiger partial charge is 0.502 e. The Morgan fingerprint density at radius 1 is 0.923 bits per heavy atom. The molecule has 0 bridgehead atoms. The number of hydrogen-bond donors (Lipinski definition) is 2. The highest BCUT2D eigenvalue weighted by Crippen LogP contribution is 2.41. The first kappa shape index (κ1) is 25.3. The summed E-state index contributed by atoms with van der Waals surface area (Å²) in [7, 11) is -4.52. The summed E-state index contributed by atoms with van der Waals surface area (Å²) in [6.45, 7) is 1.51. The van der Waals surface area contributed by atoms with Crippen LogP contribution in [0.1, 0.15) is 90.4 Å². The summed E-state index contributed by atoms with van der Waals surface area (Å²) in [5, 5.41) is 8.02. The van der Waals surface area contributed by atoms with Crippen LogP contribution in [0.2, 0.25) is 0 Å². The summed E-state index contributed by atoms with van der Waals surface area (Å²) in [4.78, 5) is 20.1. The van der Waals surface area contributed by atoms with Crippen LogP contribution in [0.5, 0.6) is 0 Å². The number of hydrogen-bond acceptors (Lipinski definition) is 6. The average molecular weight is 394 g/mol. The van der Waals surface area contributed by atoms with Crippen LogP contribution < -0.4 is 0 Å². The molecular weight excluding hydrogens is 359 g/mol. The molecule has 0 aliphatic heterocycles. The molecule has 0 fully saturated rings. The van der Waals surface area contributed by atoms with Crippen molar-refractivity contribution in [2.75, 3.05) is 6.79 Å². The quantitative estimate of drug-likeness (QED) is 0.0581. The maximum atomic E-state index is 11.3. The second-order valence-electron chi connectivity index (χ2n) is 6.29. The molecule has 0 spiro atoms. The van der Waals surface area contributed by atoms with Crippen LogP contribution in [-0.2, 0) is 23.3 Å². The molecule has 154 valence electrons. The van der Waals surface area contributed by atoms with Crippen LogP contribution in [0.15, 0.2) is 12.2 Å². The fourth-order valence-corrected chi connectivity index (χ4v) is 2.65. The summed E-state index contributed by atoms with van der Waals surface area (Å²) in [5.41, 5.74) is 0. The predicted octanol–water partition coefficient (Wildman–Crippen LogP) is 5.74. The van der Waals surface area contributed by atoms with Gasteiger partial charge in [0.1, 0.15) is 0 Å². The molecule has 0 aliphatic rings. The van der Waals surface area contributed by atoms with Crippen LogP contribution in [0.25, 0.3) is 0 Å². The van der Waals surface area contributed by atoms with E-state index in [1.807, 2.05) is 0 Å². The standard InChI is InChI=1S/C18H35O7P/c1-2-3-4-5-6-7-8-9-10-11-12-13-14-15-16-18(19)23-17-24-26(21,22)25-20/h8-9,20H,2-7,10-17H2,1H3,(H,21,22). The van der Waals surface area contributed by atoms with Gasteiger partial charge in [-0.1, -0.05) is 64.0 Å². The Labute approximate surface area is 157 Å². The molecule has 0 aromatic heterocycles. The monoisotopic (exact) mass is 394 g/mol. The van der Waals surface area contributed by atoms with Gasteiger partial charge in [0.2, 0.25) is 6.79 Å². The van der Waals surface area contributed by atoms with Gasteiger partial charge in [-0.15, -0.1) is 4.67 Å². The number of carbonyl (C=O) groups excluding carboxylic acids is 1. The molecule has 0 radical (unpaired) electrons. The maximum Gasteiger partial charge on any atom is 0.502 e. The molecule has 1 atom stereocenters. The predicted molar refractivity (Wildman–Crippen MR) is 100 cm³/mol. The van der Waals surface area contributed by atoms with E-state index in [0.717, 1.165) is 32.1 Å². The highest BCUT2D eigenvalue weighted by atomic mass is 31.2. The zero-order chi connectivity index (χ0) is 19.5. The Bertz CT molecular complexity index is 412. The molecule has 0 saturated carbocycles. The number of esters is 1. The first-order chi connectivity index (χ1) is 12.5. The van der Waals surface area contributed by atoms with E-state index in [0.29, 0.717) is 6.42 Å². The van der Waals surface area contributed by atoms with Gasteiger partial charge in [0.15, 0.2) is 0 Å². The number of carbonyl (C=O) groups is 1. The van der Waals surface area contributed by atoms with Gasteiger partial charge >= 0.3 is 13.8 Å². The number of phosphoric acid groups is 1. The van der Waals surface area contributed by atoms with Gasteiger partial charge in [0.05, 0.1) is 0 Å². The number of rotatable bonds is 18. The summed E-state index contributed by atoms with van der Waals surface area (Å²) in [6, 6.07) is 0. The minimum Gasteiger partial charge on any atom is -0.438 e. The summed E-state index contributed by atoms with van der Waals surface area (Å²) < 4.78 is 22.7. The molecule has 1 unspecified atom stereocenters. The number of phosphoric ester groups is 1. The van der Waals surface area contributed by atoms with Crippen molar-refractivity contribution >= 4 is 13.8 Å². The number of unbranched alkanes of at least 4 members (excludes halogenated alkanes) is 10. The van der Waals surface area contributed by atoms with Gasteiger partial charge in [-0.25, -0.2) is 14.3 Å². The molecule has 0 saturated heterocycles. The van der Waals surface area contributed by atoms with Crippen molar-refractivity contribution in [2.24, 2.45) is 0 Å². The Kier molecular flexibility index (Phi) is 17.2. The van der Waals surface area contributed by atoms with E-state index >= 15 is 0 Å². The highest BCUT2D eigenvalue weighted by Gasteiger charge is 2.21. The van der Waals surface area contributed by atoms with Gasteiger partial charge in [0.25, 0.3) is 0 Å². The van der Waals surface area contributed by atoms with E-state index in [2.05, 4.69) is 33.0 Å². The van der Waals surface area contributed by atoms with E-state index in [1.54, 1.807) is 0 Å². The third-order valence-electron chi connectivity index (χ3n) is 3.93. The van der Waals surface area contributed by atoms with Gasteiger partial charge in [-0.3, -0.25) is 4.79 Å². The molecule has 26 heavy (non-hydrogen) atoms. The molecule has 0 heterocycles. The van der Waals surface area contributed by atoms with E-state index in [1.165, 1.54) is 38.5 Å². The first-order valence-corrected chi connectivity index (χ1v) is 11.1. The third-order valence-corrected chi connectivity index (χ3v) is 4.57. The molecule has 0 aromatic carbocycles. The Morgan fingerprint density at radius 2 is 1.46 bits per heavy atom. The van der Waals surface area contributed by atoms with Crippen molar-refractivity contribution in [3.63, 3.8) is 0 Å². The molecule has 8 heteroatoms. The molecule has 0 aliphatic carbocycles. The third kappa shape index (κ3) is 18.1. The Morgan fingerprint density at radius 3 is 2.04 bits per heavy atom. The zero-order valence-corrected chi connectivity index (χ0v) is 16.8. The van der Waals surface area contributed by atoms with E-state index in [9.17, 15) is 9.36 Å². The van der Waals surface area contributed by atoms with Gasteiger partial charge < -0.3 is 9.63 Å². The fourth-order valence-electron chi connectivity index (χ4n) is 2.42. The SMILES string of the molecule is CCCCCCCC=CCCCCCCCC(=O)OCOP(=O)(O)OO. The maximum absolute atomic E-state index is 11.3. The molecule has 0 amide bonds. The first-order valence-electron chi connectivity index (χ1n) is 9.63. The van der Waals surface area contributed by atoms with Gasteiger partial charge in [0, 0.05) is 6.42 Å². The second kappa shape index (κ2) is 17.7. The van der Waals surface area contributed by atoms with E-state index in [-0.39, 0.29) is 6.42 Å². The van der Waals surface area contributed by atoms with Crippen LogP contribution in [0.4, 0.5) is 0 Å². The van der Waals surface area contributed by atoms with Crippen molar-refractivity contribution in [3.05, 3.63) is 12.2 Å². The fraction of sp³-hybridized carbons (Fsp3) is 0.833. The minimum absolute atomic E-state index is 0.233. The van der Waals surface area contributed by atoms with Crippen LogP contribution in [0.3, 0.4) is 0 Å².